The summed E-state index contributed by atoms with van der Waals surface area (Å²) in [5, 5.41) is 1.14. The number of halogens is 3. The fourth-order valence-corrected chi connectivity index (χ4v) is 6.59. The van der Waals surface area contributed by atoms with Gasteiger partial charge < -0.3 is 4.90 Å². The van der Waals surface area contributed by atoms with Gasteiger partial charge in [0.25, 0.3) is 0 Å². The molecule has 2 heterocycles. The summed E-state index contributed by atoms with van der Waals surface area (Å²) in [7, 11) is -3.24. The predicted molar refractivity (Wildman–Crippen MR) is 105 cm³/mol. The Hall–Kier alpha value is -1.64. The van der Waals surface area contributed by atoms with Gasteiger partial charge in [0.15, 0.2) is 15.0 Å². The van der Waals surface area contributed by atoms with Gasteiger partial charge in [-0.25, -0.2) is 17.2 Å². The minimum atomic E-state index is -3.24. The molecule has 0 unspecified atom stereocenters. The Morgan fingerprint density at radius 3 is 2.70 bits per heavy atom. The molecule has 142 valence electrons. The lowest BCUT2D eigenvalue weighted by Gasteiger charge is -2.27. The number of hydrogen-bond acceptors (Lipinski definition) is 5. The highest BCUT2D eigenvalue weighted by Crippen LogP contribution is 2.37. The van der Waals surface area contributed by atoms with Crippen molar-refractivity contribution in [1.29, 1.82) is 0 Å². The molecule has 2 aromatic rings. The van der Waals surface area contributed by atoms with Crippen LogP contribution in [-0.4, -0.2) is 37.2 Å². The minimum Gasteiger partial charge on any atom is -0.312 e. The van der Waals surface area contributed by atoms with Gasteiger partial charge in [0.2, 0.25) is 0 Å². The van der Waals surface area contributed by atoms with Gasteiger partial charge in [0, 0.05) is 16.8 Å². The number of amidine groups is 1. The van der Waals surface area contributed by atoms with Crippen molar-refractivity contribution in [2.75, 3.05) is 16.4 Å². The van der Waals surface area contributed by atoms with E-state index in [1.165, 1.54) is 17.8 Å². The molecule has 0 radical (unpaired) electrons. The number of thioether (sulfide) groups is 1. The van der Waals surface area contributed by atoms with Gasteiger partial charge >= 0.3 is 0 Å². The first-order valence-corrected chi connectivity index (χ1v) is 11.4. The van der Waals surface area contributed by atoms with Crippen LogP contribution in [0.4, 0.5) is 14.5 Å². The normalized spacial score (nSPS) is 23.4. The molecular formula is C18H15ClF2N2O2S2. The molecule has 0 N–H and O–H groups in total. The molecule has 1 saturated heterocycles. The summed E-state index contributed by atoms with van der Waals surface area (Å²) in [6.45, 7) is 0. The maximum Gasteiger partial charge on any atom is 0.164 e. The highest BCUT2D eigenvalue weighted by molar-refractivity contribution is 8.13. The Bertz CT molecular complexity index is 1030. The molecule has 2 aliphatic rings. The monoisotopic (exact) mass is 428 g/mol. The number of aliphatic imine (C=N–C) groups is 1. The molecule has 0 spiro atoms. The Morgan fingerprint density at radius 2 is 1.96 bits per heavy atom. The van der Waals surface area contributed by atoms with Crippen molar-refractivity contribution >= 4 is 44.1 Å². The van der Waals surface area contributed by atoms with Crippen molar-refractivity contribution in [3.63, 3.8) is 0 Å². The molecule has 0 aliphatic carbocycles. The fraction of sp³-hybridized carbons (Fsp3) is 0.278. The number of sulfone groups is 1. The maximum atomic E-state index is 14.4. The van der Waals surface area contributed by atoms with Gasteiger partial charge in [0.1, 0.15) is 11.6 Å². The number of anilines is 1. The Balaban J connectivity index is 1.66. The van der Waals surface area contributed by atoms with Crippen molar-refractivity contribution in [3.8, 4) is 0 Å². The van der Waals surface area contributed by atoms with Crippen molar-refractivity contribution in [2.45, 2.75) is 17.8 Å². The molecule has 0 amide bonds. The zero-order valence-electron chi connectivity index (χ0n) is 14.0. The second-order valence-corrected chi connectivity index (χ2v) is 9.97. The van der Waals surface area contributed by atoms with Gasteiger partial charge in [-0.15, -0.1) is 0 Å². The topological polar surface area (TPSA) is 49.7 Å². The van der Waals surface area contributed by atoms with Crippen LogP contribution in [-0.2, 0) is 15.6 Å². The van der Waals surface area contributed by atoms with E-state index in [0.29, 0.717) is 15.9 Å². The van der Waals surface area contributed by atoms with Gasteiger partial charge in [-0.1, -0.05) is 41.6 Å². The third-order valence-corrected chi connectivity index (χ3v) is 7.67. The van der Waals surface area contributed by atoms with E-state index in [1.807, 2.05) is 18.2 Å². The van der Waals surface area contributed by atoms with Crippen molar-refractivity contribution in [3.05, 3.63) is 64.7 Å². The number of hydrogen-bond donors (Lipinski definition) is 0. The Labute approximate surface area is 165 Å². The average molecular weight is 429 g/mol. The highest BCUT2D eigenvalue weighted by atomic mass is 35.5. The zero-order valence-corrected chi connectivity index (χ0v) is 16.4. The molecule has 0 aromatic heterocycles. The van der Waals surface area contributed by atoms with E-state index in [0.717, 1.165) is 17.7 Å². The molecule has 2 atom stereocenters. The molecule has 4 rings (SSSR count). The molecular weight excluding hydrogens is 414 g/mol. The van der Waals surface area contributed by atoms with E-state index in [9.17, 15) is 17.2 Å². The first-order chi connectivity index (χ1) is 12.8. The first-order valence-electron chi connectivity index (χ1n) is 8.23. The number of benzene rings is 2. The van der Waals surface area contributed by atoms with Crippen LogP contribution in [0.25, 0.3) is 0 Å². The van der Waals surface area contributed by atoms with E-state index < -0.39 is 33.6 Å². The first kappa shape index (κ1) is 18.7. The largest absolute Gasteiger partial charge is 0.312 e. The van der Waals surface area contributed by atoms with Gasteiger partial charge in [-0.3, -0.25) is 4.99 Å². The van der Waals surface area contributed by atoms with Gasteiger partial charge in [-0.05, 0) is 23.8 Å². The lowest BCUT2D eigenvalue weighted by atomic mass is 10.1. The third kappa shape index (κ3) is 3.70. The molecule has 4 nitrogen and oxygen atoms in total. The summed E-state index contributed by atoms with van der Waals surface area (Å²) in [5.41, 5.74) is 1.03. The lowest BCUT2D eigenvalue weighted by molar-refractivity contribution is 0.577. The lowest BCUT2D eigenvalue weighted by Crippen LogP contribution is -2.39. The summed E-state index contributed by atoms with van der Waals surface area (Å²) in [5.74, 6) is -1.09. The second kappa shape index (κ2) is 7.07. The van der Waals surface area contributed by atoms with Crippen LogP contribution in [0.15, 0.2) is 47.5 Å². The average Bonchev–Trinajstić information content (AvgIpc) is 3.06. The molecule has 1 fully saturated rings. The van der Waals surface area contributed by atoms with Crippen LogP contribution in [0.3, 0.4) is 0 Å². The molecule has 0 bridgehead atoms. The number of rotatable bonds is 3. The van der Waals surface area contributed by atoms with E-state index in [2.05, 4.69) is 4.99 Å². The van der Waals surface area contributed by atoms with Gasteiger partial charge in [0.05, 0.1) is 29.3 Å². The third-order valence-electron chi connectivity index (χ3n) is 4.59. The van der Waals surface area contributed by atoms with Gasteiger partial charge in [-0.2, -0.15) is 0 Å². The smallest absolute Gasteiger partial charge is 0.164 e. The highest BCUT2D eigenvalue weighted by Gasteiger charge is 2.47. The van der Waals surface area contributed by atoms with Crippen LogP contribution < -0.4 is 4.90 Å². The molecule has 2 aromatic carbocycles. The van der Waals surface area contributed by atoms with Crippen LogP contribution in [0.2, 0.25) is 5.02 Å². The van der Waals surface area contributed by atoms with Crippen molar-refractivity contribution in [1.82, 2.24) is 0 Å². The number of nitrogens with zero attached hydrogens (tertiary/aromatic N) is 2. The second-order valence-electron chi connectivity index (χ2n) is 6.47. The standard InChI is InChI=1S/C18H15ClF2N2O2S2/c19-13-4-2-1-3-11(13)8-26-18-22-15-9-27(24,25)10-17(15)23(18)16-6-5-12(20)7-14(16)21/h1-7,15,17H,8-10H2/t15-,17+/m1/s1. The maximum absolute atomic E-state index is 14.4. The molecule has 2 aliphatic heterocycles. The van der Waals surface area contributed by atoms with Crippen molar-refractivity contribution in [2.24, 2.45) is 4.99 Å². The van der Waals surface area contributed by atoms with E-state index in [-0.39, 0.29) is 17.2 Å². The summed E-state index contributed by atoms with van der Waals surface area (Å²) in [4.78, 5) is 6.12. The summed E-state index contributed by atoms with van der Waals surface area (Å²) >= 11 is 7.55. The van der Waals surface area contributed by atoms with E-state index in [1.54, 1.807) is 11.0 Å². The zero-order chi connectivity index (χ0) is 19.2. The molecule has 0 saturated carbocycles. The van der Waals surface area contributed by atoms with Crippen LogP contribution in [0.5, 0.6) is 0 Å². The van der Waals surface area contributed by atoms with E-state index in [4.69, 9.17) is 11.6 Å². The Kier molecular flexibility index (Phi) is 4.90. The van der Waals surface area contributed by atoms with E-state index >= 15 is 0 Å². The summed E-state index contributed by atoms with van der Waals surface area (Å²) in [6.07, 6.45) is 0. The summed E-state index contributed by atoms with van der Waals surface area (Å²) < 4.78 is 51.8. The van der Waals surface area contributed by atoms with Crippen LogP contribution >= 0.6 is 23.4 Å². The molecule has 9 heteroatoms. The minimum absolute atomic E-state index is 0.0624. The predicted octanol–water partition coefficient (Wildman–Crippen LogP) is 3.89. The molecule has 27 heavy (non-hydrogen) atoms. The summed E-state index contributed by atoms with van der Waals surface area (Å²) in [6, 6.07) is 9.72. The number of fused-ring (bicyclic) bond motifs is 1. The SMILES string of the molecule is O=S1(=O)C[C@H]2N=C(SCc3ccccc3Cl)N(c3ccc(F)cc3F)[C@H]2C1. The van der Waals surface area contributed by atoms with Crippen molar-refractivity contribution < 1.29 is 17.2 Å². The fourth-order valence-electron chi connectivity index (χ4n) is 3.35. The van der Waals surface area contributed by atoms with Crippen LogP contribution in [0.1, 0.15) is 5.56 Å². The quantitative estimate of drug-likeness (QED) is 0.744. The van der Waals surface area contributed by atoms with Crippen LogP contribution in [0, 0.1) is 11.6 Å². The Morgan fingerprint density at radius 1 is 1.19 bits per heavy atom.